The molecule has 3 N–H and O–H groups in total. The smallest absolute Gasteiger partial charge is 0.373 e. The minimum Gasteiger partial charge on any atom is -0.373 e. The molecule has 0 aliphatic carbocycles. The Hall–Kier alpha value is 0.0169. The minimum atomic E-state index is -2.66. The maximum Gasteiger partial charge on any atom is 0.515 e. The summed E-state index contributed by atoms with van der Waals surface area (Å²) in [4.78, 5) is 0. The van der Waals surface area contributed by atoms with Crippen LogP contribution in [0.4, 0.5) is 0 Å². The Bertz CT molecular complexity index is 204. The third-order valence-corrected chi connectivity index (χ3v) is 5.67. The molecule has 21 heavy (non-hydrogen) atoms. The molecule has 0 aromatic carbocycles. The van der Waals surface area contributed by atoms with Gasteiger partial charge in [-0.3, -0.25) is 5.32 Å². The molecule has 0 saturated heterocycles. The van der Waals surface area contributed by atoms with Crippen molar-refractivity contribution in [2.24, 2.45) is 5.73 Å². The average Bonchev–Trinajstić information content (AvgIpc) is 2.46. The number of hydrogen-bond donors (Lipinski definition) is 2. The highest BCUT2D eigenvalue weighted by Crippen LogP contribution is 2.13. The van der Waals surface area contributed by atoms with E-state index >= 15 is 0 Å². The highest BCUT2D eigenvalue weighted by molar-refractivity contribution is 6.61. The lowest BCUT2D eigenvalue weighted by Gasteiger charge is -2.30. The van der Waals surface area contributed by atoms with Gasteiger partial charge in [0, 0.05) is 19.8 Å². The van der Waals surface area contributed by atoms with Crippen LogP contribution < -0.4 is 11.1 Å². The molecule has 0 aromatic rings. The van der Waals surface area contributed by atoms with Crippen LogP contribution >= 0.6 is 0 Å². The summed E-state index contributed by atoms with van der Waals surface area (Å²) < 4.78 is 18.3. The van der Waals surface area contributed by atoms with Crippen LogP contribution in [0.5, 0.6) is 0 Å². The lowest BCUT2D eigenvalue weighted by Crippen LogP contribution is -2.57. The first-order chi connectivity index (χ1) is 10.1. The zero-order valence-electron chi connectivity index (χ0n) is 14.5. The van der Waals surface area contributed by atoms with Crippen LogP contribution in [0, 0.1) is 0 Å². The first-order valence-electron chi connectivity index (χ1n) is 8.51. The third kappa shape index (κ3) is 11.3. The van der Waals surface area contributed by atoms with E-state index in [1.807, 2.05) is 6.92 Å². The van der Waals surface area contributed by atoms with Crippen molar-refractivity contribution in [3.8, 4) is 0 Å². The van der Waals surface area contributed by atoms with Crippen molar-refractivity contribution in [1.29, 1.82) is 0 Å². The summed E-state index contributed by atoms with van der Waals surface area (Å²) in [6, 6.07) is 0. The second-order valence-electron chi connectivity index (χ2n) is 5.46. The summed E-state index contributed by atoms with van der Waals surface area (Å²) >= 11 is 0. The Morgan fingerprint density at radius 3 is 1.52 bits per heavy atom. The second kappa shape index (κ2) is 13.7. The fourth-order valence-corrected chi connectivity index (χ4v) is 4.17. The van der Waals surface area contributed by atoms with Gasteiger partial charge in [-0.2, -0.15) is 0 Å². The predicted octanol–water partition coefficient (Wildman–Crippen LogP) is 2.81. The zero-order chi connectivity index (χ0) is 16.0. The largest absolute Gasteiger partial charge is 0.515 e. The van der Waals surface area contributed by atoms with Crippen LogP contribution in [0.3, 0.4) is 0 Å². The summed E-state index contributed by atoms with van der Waals surface area (Å²) in [7, 11) is -2.66. The molecule has 6 heteroatoms. The molecule has 0 aliphatic heterocycles. The average molecular weight is 321 g/mol. The van der Waals surface area contributed by atoms with E-state index < -0.39 is 8.80 Å². The molecule has 0 saturated carbocycles. The molecule has 0 rings (SSSR count). The van der Waals surface area contributed by atoms with Gasteiger partial charge in [0.2, 0.25) is 0 Å². The lowest BCUT2D eigenvalue weighted by molar-refractivity contribution is 0.0545. The molecule has 128 valence electrons. The van der Waals surface area contributed by atoms with Crippen LogP contribution in [0.1, 0.15) is 66.2 Å². The van der Waals surface area contributed by atoms with Gasteiger partial charge in [0.1, 0.15) is 0 Å². The number of unbranched alkanes of at least 4 members (excludes halogenated alkanes) is 3. The fourth-order valence-electron chi connectivity index (χ4n) is 1.68. The van der Waals surface area contributed by atoms with Crippen LogP contribution in [-0.4, -0.2) is 41.0 Å². The van der Waals surface area contributed by atoms with Gasteiger partial charge in [0.15, 0.2) is 0 Å². The summed E-state index contributed by atoms with van der Waals surface area (Å²) in [5.74, 6) is 0. The van der Waals surface area contributed by atoms with Crippen molar-refractivity contribution in [3.05, 3.63) is 0 Å². The van der Waals surface area contributed by atoms with Gasteiger partial charge in [0.25, 0.3) is 0 Å². The molecule has 0 radical (unpaired) electrons. The molecule has 1 atom stereocenters. The van der Waals surface area contributed by atoms with Gasteiger partial charge in [-0.15, -0.1) is 0 Å². The molecular formula is C15H36N2O3Si. The summed E-state index contributed by atoms with van der Waals surface area (Å²) in [6.07, 6.45) is 6.90. The first kappa shape index (κ1) is 21.0. The molecule has 0 fully saturated rings. The third-order valence-electron chi connectivity index (χ3n) is 3.10. The predicted molar refractivity (Wildman–Crippen MR) is 90.0 cm³/mol. The number of rotatable bonds is 15. The number of hydrogen-bond acceptors (Lipinski definition) is 5. The van der Waals surface area contributed by atoms with Gasteiger partial charge in [0.05, 0.1) is 12.3 Å². The van der Waals surface area contributed by atoms with Crippen molar-refractivity contribution in [3.63, 3.8) is 0 Å². The Balaban J connectivity index is 4.60. The standard InChI is InChI=1S/C15H36N2O3Si/c1-5-8-11-18-21(14-17-15(4)16,19-12-9-6-2)20-13-10-7-3/h15,17H,5-14,16H2,1-4H3. The van der Waals surface area contributed by atoms with E-state index in [4.69, 9.17) is 19.0 Å². The monoisotopic (exact) mass is 320 g/mol. The zero-order valence-corrected chi connectivity index (χ0v) is 15.5. The molecule has 0 heterocycles. The summed E-state index contributed by atoms with van der Waals surface area (Å²) in [6.45, 7) is 10.5. The van der Waals surface area contributed by atoms with Crippen molar-refractivity contribution < 1.29 is 13.3 Å². The van der Waals surface area contributed by atoms with Crippen molar-refractivity contribution in [2.45, 2.75) is 72.4 Å². The van der Waals surface area contributed by atoms with Crippen molar-refractivity contribution >= 4 is 8.80 Å². The van der Waals surface area contributed by atoms with Gasteiger partial charge in [-0.1, -0.05) is 40.0 Å². The Morgan fingerprint density at radius 2 is 1.24 bits per heavy atom. The van der Waals surface area contributed by atoms with E-state index in [0.717, 1.165) is 38.5 Å². The quantitative estimate of drug-likeness (QED) is 0.276. The molecule has 0 aromatic heterocycles. The Kier molecular flexibility index (Phi) is 13.7. The van der Waals surface area contributed by atoms with Crippen LogP contribution in [0.15, 0.2) is 0 Å². The van der Waals surface area contributed by atoms with Crippen molar-refractivity contribution in [1.82, 2.24) is 5.32 Å². The Labute approximate surface area is 132 Å². The van der Waals surface area contributed by atoms with Crippen LogP contribution in [-0.2, 0) is 13.3 Å². The normalized spacial score (nSPS) is 13.6. The van der Waals surface area contributed by atoms with E-state index in [0.29, 0.717) is 26.0 Å². The highest BCUT2D eigenvalue weighted by atomic mass is 28.4. The van der Waals surface area contributed by atoms with Crippen molar-refractivity contribution in [2.75, 3.05) is 26.0 Å². The Morgan fingerprint density at radius 1 is 0.857 bits per heavy atom. The number of nitrogens with one attached hydrogen (secondary N) is 1. The summed E-state index contributed by atoms with van der Waals surface area (Å²) in [5, 5.41) is 3.23. The minimum absolute atomic E-state index is 0.0869. The van der Waals surface area contributed by atoms with Crippen LogP contribution in [0.2, 0.25) is 0 Å². The molecule has 0 bridgehead atoms. The SMILES string of the molecule is CCCCO[Si](CNC(C)N)(OCCCC)OCCCC. The molecule has 0 amide bonds. The van der Waals surface area contributed by atoms with E-state index in [9.17, 15) is 0 Å². The number of nitrogens with two attached hydrogens (primary N) is 1. The first-order valence-corrected chi connectivity index (χ1v) is 10.4. The fraction of sp³-hybridized carbons (Fsp3) is 1.00. The molecule has 0 aliphatic rings. The highest BCUT2D eigenvalue weighted by Gasteiger charge is 2.41. The van der Waals surface area contributed by atoms with Gasteiger partial charge < -0.3 is 19.0 Å². The van der Waals surface area contributed by atoms with Gasteiger partial charge in [-0.05, 0) is 26.2 Å². The maximum absolute atomic E-state index is 6.09. The van der Waals surface area contributed by atoms with E-state index in [1.54, 1.807) is 0 Å². The molecular weight excluding hydrogens is 284 g/mol. The molecule has 5 nitrogen and oxygen atoms in total. The van der Waals surface area contributed by atoms with E-state index in [-0.39, 0.29) is 6.17 Å². The molecule has 0 spiro atoms. The lowest BCUT2D eigenvalue weighted by atomic mass is 10.4. The van der Waals surface area contributed by atoms with E-state index in [1.165, 1.54) is 0 Å². The topological polar surface area (TPSA) is 65.7 Å². The van der Waals surface area contributed by atoms with E-state index in [2.05, 4.69) is 26.1 Å². The maximum atomic E-state index is 6.09. The summed E-state index contributed by atoms with van der Waals surface area (Å²) in [5.41, 5.74) is 5.81. The van der Waals surface area contributed by atoms with Gasteiger partial charge in [-0.25, -0.2) is 0 Å². The van der Waals surface area contributed by atoms with Crippen LogP contribution in [0.25, 0.3) is 0 Å². The second-order valence-corrected chi connectivity index (χ2v) is 8.04. The molecule has 1 unspecified atom stereocenters. The van der Waals surface area contributed by atoms with Gasteiger partial charge >= 0.3 is 8.80 Å².